The minimum absolute atomic E-state index is 0.151. The molecule has 29 heavy (non-hydrogen) atoms. The molecule has 0 spiro atoms. The molecule has 1 aromatic rings. The molecule has 8 heteroatoms. The summed E-state index contributed by atoms with van der Waals surface area (Å²) in [6.07, 6.45) is 4.59. The normalized spacial score (nSPS) is 37.1. The molecule has 6 rings (SSSR count). The summed E-state index contributed by atoms with van der Waals surface area (Å²) >= 11 is 0. The first-order chi connectivity index (χ1) is 13.7. The van der Waals surface area contributed by atoms with Crippen LogP contribution in [0.5, 0.6) is 0 Å². The van der Waals surface area contributed by atoms with Crippen LogP contribution in [0.15, 0.2) is 6.20 Å². The highest BCUT2D eigenvalue weighted by Crippen LogP contribution is 2.55. The van der Waals surface area contributed by atoms with Gasteiger partial charge in [-0.2, -0.15) is 18.3 Å². The largest absolute Gasteiger partial charge is 0.433 e. The van der Waals surface area contributed by atoms with E-state index in [4.69, 9.17) is 0 Å². The average Bonchev–Trinajstić information content (AvgIpc) is 3.10. The van der Waals surface area contributed by atoms with Crippen molar-refractivity contribution in [3.63, 3.8) is 0 Å². The summed E-state index contributed by atoms with van der Waals surface area (Å²) in [6.45, 7) is 0. The van der Waals surface area contributed by atoms with Crippen molar-refractivity contribution in [3.05, 3.63) is 17.5 Å². The van der Waals surface area contributed by atoms with E-state index in [1.165, 1.54) is 0 Å². The molecule has 0 radical (unpaired) electrons. The molecule has 0 aromatic carbocycles. The van der Waals surface area contributed by atoms with Crippen LogP contribution in [0.3, 0.4) is 0 Å². The summed E-state index contributed by atoms with van der Waals surface area (Å²) in [5.41, 5.74) is -1.92. The van der Waals surface area contributed by atoms with Crippen molar-refractivity contribution in [2.24, 2.45) is 17.8 Å². The number of amides is 1. The van der Waals surface area contributed by atoms with Crippen molar-refractivity contribution in [1.29, 1.82) is 0 Å². The number of hydrogen-bond donors (Lipinski definition) is 2. The molecule has 2 N–H and O–H groups in total. The molecule has 2 atom stereocenters. The Bertz CT molecular complexity index is 784. The Morgan fingerprint density at radius 3 is 2.38 bits per heavy atom. The first-order valence-electron chi connectivity index (χ1n) is 10.9. The maximum atomic E-state index is 13.9. The summed E-state index contributed by atoms with van der Waals surface area (Å²) in [5, 5.41) is 17.6. The fourth-order valence-corrected chi connectivity index (χ4v) is 6.86. The first-order valence-corrected chi connectivity index (χ1v) is 10.9. The first kappa shape index (κ1) is 19.4. The zero-order valence-corrected chi connectivity index (χ0v) is 16.4. The minimum atomic E-state index is -4.63. The second-order valence-corrected chi connectivity index (χ2v) is 9.83. The van der Waals surface area contributed by atoms with Gasteiger partial charge in [-0.15, -0.1) is 0 Å². The number of aliphatic hydroxyl groups is 1. The Balaban J connectivity index is 1.39. The molecular weight excluding hydrogens is 383 g/mol. The van der Waals surface area contributed by atoms with Crippen LogP contribution in [0.4, 0.5) is 13.2 Å². The van der Waals surface area contributed by atoms with Gasteiger partial charge in [0.05, 0.1) is 23.4 Å². The highest BCUT2D eigenvalue weighted by Gasteiger charge is 2.55. The second-order valence-electron chi connectivity index (χ2n) is 9.83. The third-order valence-electron chi connectivity index (χ3n) is 7.77. The number of aromatic nitrogens is 2. The molecule has 5 nitrogen and oxygen atoms in total. The van der Waals surface area contributed by atoms with E-state index in [0.29, 0.717) is 31.6 Å². The Morgan fingerprint density at radius 2 is 1.79 bits per heavy atom. The molecule has 1 amide bonds. The van der Waals surface area contributed by atoms with Gasteiger partial charge in [0.15, 0.2) is 5.69 Å². The number of hydrogen-bond acceptors (Lipinski definition) is 3. The lowest BCUT2D eigenvalue weighted by atomic mass is 9.52. The molecule has 2 unspecified atom stereocenters. The molecule has 5 aliphatic rings. The van der Waals surface area contributed by atoms with Crippen molar-refractivity contribution >= 4 is 5.91 Å². The number of halogens is 3. The zero-order valence-electron chi connectivity index (χ0n) is 16.4. The van der Waals surface area contributed by atoms with Crippen molar-refractivity contribution in [2.45, 2.75) is 88.1 Å². The molecule has 4 bridgehead atoms. The van der Waals surface area contributed by atoms with Gasteiger partial charge in [0, 0.05) is 6.04 Å². The zero-order chi connectivity index (χ0) is 20.4. The lowest BCUT2D eigenvalue weighted by Gasteiger charge is -2.58. The molecule has 5 fully saturated rings. The maximum absolute atomic E-state index is 13.9. The van der Waals surface area contributed by atoms with Crippen molar-refractivity contribution in [2.75, 3.05) is 0 Å². The Hall–Kier alpha value is -1.57. The SMILES string of the molecule is O=C(N[C@H]1C2CC3CC1C[C@](O)(C3)C2)c1cnn(C2CCCCC2)c1C(F)(F)F. The lowest BCUT2D eigenvalue weighted by molar-refractivity contribution is -0.145. The fourth-order valence-electron chi connectivity index (χ4n) is 6.86. The van der Waals surface area contributed by atoms with Crippen LogP contribution < -0.4 is 5.32 Å². The van der Waals surface area contributed by atoms with E-state index < -0.39 is 23.4 Å². The minimum Gasteiger partial charge on any atom is -0.390 e. The van der Waals surface area contributed by atoms with Gasteiger partial charge < -0.3 is 10.4 Å². The Kier molecular flexibility index (Phi) is 4.50. The van der Waals surface area contributed by atoms with Crippen LogP contribution in [0.25, 0.3) is 0 Å². The number of nitrogens with one attached hydrogen (secondary N) is 1. The smallest absolute Gasteiger partial charge is 0.390 e. The monoisotopic (exact) mass is 411 g/mol. The van der Waals surface area contributed by atoms with Gasteiger partial charge in [-0.05, 0) is 62.7 Å². The molecule has 1 aromatic heterocycles. The van der Waals surface area contributed by atoms with Crippen molar-refractivity contribution < 1.29 is 23.1 Å². The molecule has 5 aliphatic carbocycles. The number of carbonyl (C=O) groups excluding carboxylic acids is 1. The summed E-state index contributed by atoms with van der Waals surface area (Å²) in [4.78, 5) is 13.0. The van der Waals surface area contributed by atoms with E-state index in [1.54, 1.807) is 0 Å². The van der Waals surface area contributed by atoms with E-state index in [9.17, 15) is 23.1 Å². The topological polar surface area (TPSA) is 67.2 Å². The second kappa shape index (κ2) is 6.72. The van der Waals surface area contributed by atoms with E-state index in [1.807, 2.05) is 0 Å². The maximum Gasteiger partial charge on any atom is 0.433 e. The van der Waals surface area contributed by atoms with Crippen LogP contribution >= 0.6 is 0 Å². The van der Waals surface area contributed by atoms with Crippen molar-refractivity contribution in [3.8, 4) is 0 Å². The highest BCUT2D eigenvalue weighted by molar-refractivity contribution is 5.95. The highest BCUT2D eigenvalue weighted by atomic mass is 19.4. The van der Waals surface area contributed by atoms with Crippen LogP contribution in [-0.2, 0) is 6.18 Å². The van der Waals surface area contributed by atoms with E-state index in [2.05, 4.69) is 10.4 Å². The standard InChI is InChI=1S/C21H28F3N3O2/c22-21(23,24)18-16(11-25-27(18)15-4-2-1-3-5-15)19(28)26-17-13-6-12-7-14(17)10-20(29,8-12)9-13/h11-15,17,29H,1-10H2,(H,26,28)/t12?,13?,14?,17-,20-. The fraction of sp³-hybridized carbons (Fsp3) is 0.810. The third kappa shape index (κ3) is 3.37. The predicted octanol–water partition coefficient (Wildman–Crippen LogP) is 4.08. The molecule has 1 heterocycles. The Labute approximate surface area is 168 Å². The van der Waals surface area contributed by atoms with E-state index in [0.717, 1.165) is 49.4 Å². The molecular formula is C21H28F3N3O2. The molecule has 0 aliphatic heterocycles. The van der Waals surface area contributed by atoms with E-state index in [-0.39, 0.29) is 29.5 Å². The summed E-state index contributed by atoms with van der Waals surface area (Å²) in [7, 11) is 0. The summed E-state index contributed by atoms with van der Waals surface area (Å²) < 4.78 is 42.8. The summed E-state index contributed by atoms with van der Waals surface area (Å²) in [6, 6.07) is -0.448. The number of rotatable bonds is 3. The van der Waals surface area contributed by atoms with Crippen molar-refractivity contribution in [1.82, 2.24) is 15.1 Å². The molecule has 160 valence electrons. The lowest BCUT2D eigenvalue weighted by Crippen LogP contribution is -2.61. The van der Waals surface area contributed by atoms with Gasteiger partial charge in [0.2, 0.25) is 0 Å². The third-order valence-corrected chi connectivity index (χ3v) is 7.77. The number of carbonyl (C=O) groups is 1. The van der Waals surface area contributed by atoms with Gasteiger partial charge in [0.25, 0.3) is 5.91 Å². The van der Waals surface area contributed by atoms with Crippen LogP contribution in [-0.4, -0.2) is 32.4 Å². The number of nitrogens with zero attached hydrogens (tertiary/aromatic N) is 2. The van der Waals surface area contributed by atoms with E-state index >= 15 is 0 Å². The van der Waals surface area contributed by atoms with Crippen LogP contribution in [0, 0.1) is 17.8 Å². The van der Waals surface area contributed by atoms with Gasteiger partial charge >= 0.3 is 6.18 Å². The average molecular weight is 411 g/mol. The quantitative estimate of drug-likeness (QED) is 0.788. The van der Waals surface area contributed by atoms with Gasteiger partial charge in [-0.1, -0.05) is 19.3 Å². The molecule has 5 saturated carbocycles. The Morgan fingerprint density at radius 1 is 1.14 bits per heavy atom. The van der Waals surface area contributed by atoms with Gasteiger partial charge in [-0.25, -0.2) is 0 Å². The molecule has 0 saturated heterocycles. The summed E-state index contributed by atoms with van der Waals surface area (Å²) in [5.74, 6) is 0.102. The van der Waals surface area contributed by atoms with Gasteiger partial charge in [0.1, 0.15) is 0 Å². The van der Waals surface area contributed by atoms with Gasteiger partial charge in [-0.3, -0.25) is 9.48 Å². The van der Waals surface area contributed by atoms with Crippen LogP contribution in [0.1, 0.15) is 86.3 Å². The predicted molar refractivity (Wildman–Crippen MR) is 99.1 cm³/mol. The van der Waals surface area contributed by atoms with Crippen LogP contribution in [0.2, 0.25) is 0 Å². The number of alkyl halides is 3.